The molecule has 0 saturated carbocycles. The van der Waals surface area contributed by atoms with Crippen molar-refractivity contribution in [1.82, 2.24) is 4.98 Å². The SMILES string of the molecule is Cc1ccc(OCC(=O)Nc2nc3c(s2)CCc2ccccc2-3)cc1. The molecule has 2 aromatic carbocycles. The summed E-state index contributed by atoms with van der Waals surface area (Å²) in [5.74, 6) is 0.494. The van der Waals surface area contributed by atoms with Crippen molar-refractivity contribution in [1.29, 1.82) is 0 Å². The molecular weight excluding hydrogens is 332 g/mol. The largest absolute Gasteiger partial charge is 0.484 e. The van der Waals surface area contributed by atoms with E-state index in [-0.39, 0.29) is 12.5 Å². The quantitative estimate of drug-likeness (QED) is 0.766. The van der Waals surface area contributed by atoms with Crippen molar-refractivity contribution in [2.45, 2.75) is 19.8 Å². The van der Waals surface area contributed by atoms with Crippen molar-refractivity contribution >= 4 is 22.4 Å². The normalized spacial score (nSPS) is 12.2. The highest BCUT2D eigenvalue weighted by molar-refractivity contribution is 7.16. The summed E-state index contributed by atoms with van der Waals surface area (Å²) in [5, 5.41) is 3.49. The van der Waals surface area contributed by atoms with Gasteiger partial charge in [0, 0.05) is 10.4 Å². The summed E-state index contributed by atoms with van der Waals surface area (Å²) in [5.41, 5.74) is 4.66. The van der Waals surface area contributed by atoms with Crippen molar-refractivity contribution in [3.63, 3.8) is 0 Å². The number of rotatable bonds is 4. The van der Waals surface area contributed by atoms with Crippen molar-refractivity contribution in [2.24, 2.45) is 0 Å². The molecule has 1 amide bonds. The Hall–Kier alpha value is -2.66. The molecule has 1 heterocycles. The Kier molecular flexibility index (Phi) is 4.24. The number of amides is 1. The van der Waals surface area contributed by atoms with E-state index < -0.39 is 0 Å². The van der Waals surface area contributed by atoms with Crippen LogP contribution < -0.4 is 10.1 Å². The average Bonchev–Trinajstić information content (AvgIpc) is 3.04. The van der Waals surface area contributed by atoms with E-state index in [0.717, 1.165) is 24.1 Å². The first-order chi connectivity index (χ1) is 12.2. The molecule has 0 atom stereocenters. The number of aryl methyl sites for hydroxylation is 3. The van der Waals surface area contributed by atoms with Gasteiger partial charge in [0.1, 0.15) is 5.75 Å². The zero-order chi connectivity index (χ0) is 17.2. The number of benzene rings is 2. The lowest BCUT2D eigenvalue weighted by molar-refractivity contribution is -0.118. The molecule has 0 aliphatic heterocycles. The predicted octanol–water partition coefficient (Wildman–Crippen LogP) is 4.23. The van der Waals surface area contributed by atoms with Gasteiger partial charge in [-0.1, -0.05) is 42.0 Å². The number of ether oxygens (including phenoxy) is 1. The summed E-state index contributed by atoms with van der Waals surface area (Å²) in [4.78, 5) is 18.0. The number of carbonyl (C=O) groups is 1. The molecule has 0 radical (unpaired) electrons. The van der Waals surface area contributed by atoms with Crippen molar-refractivity contribution in [3.8, 4) is 17.0 Å². The van der Waals surface area contributed by atoms with Crippen LogP contribution in [0.5, 0.6) is 5.75 Å². The maximum atomic E-state index is 12.1. The van der Waals surface area contributed by atoms with E-state index in [1.54, 1.807) is 11.3 Å². The van der Waals surface area contributed by atoms with Crippen LogP contribution in [0.1, 0.15) is 16.0 Å². The fourth-order valence-electron chi connectivity index (χ4n) is 2.94. The Balaban J connectivity index is 1.43. The van der Waals surface area contributed by atoms with Gasteiger partial charge in [0.05, 0.1) is 5.69 Å². The van der Waals surface area contributed by atoms with E-state index >= 15 is 0 Å². The van der Waals surface area contributed by atoms with E-state index in [2.05, 4.69) is 28.5 Å². The third-order valence-corrected chi connectivity index (χ3v) is 5.26. The number of hydrogen-bond acceptors (Lipinski definition) is 4. The van der Waals surface area contributed by atoms with Gasteiger partial charge in [-0.05, 0) is 37.5 Å². The highest BCUT2D eigenvalue weighted by Crippen LogP contribution is 2.37. The van der Waals surface area contributed by atoms with Crippen LogP contribution >= 0.6 is 11.3 Å². The van der Waals surface area contributed by atoms with Crippen LogP contribution in [0.15, 0.2) is 48.5 Å². The number of hydrogen-bond donors (Lipinski definition) is 1. The number of nitrogens with one attached hydrogen (secondary N) is 1. The molecule has 5 heteroatoms. The van der Waals surface area contributed by atoms with Crippen LogP contribution in [0.3, 0.4) is 0 Å². The van der Waals surface area contributed by atoms with Crippen LogP contribution in [0.25, 0.3) is 11.3 Å². The van der Waals surface area contributed by atoms with E-state index in [1.165, 1.54) is 16.0 Å². The first kappa shape index (κ1) is 15.8. The smallest absolute Gasteiger partial charge is 0.264 e. The monoisotopic (exact) mass is 350 g/mol. The van der Waals surface area contributed by atoms with Crippen LogP contribution in [0.4, 0.5) is 5.13 Å². The number of aromatic nitrogens is 1. The summed E-state index contributed by atoms with van der Waals surface area (Å²) in [7, 11) is 0. The minimum Gasteiger partial charge on any atom is -0.484 e. The molecule has 1 aliphatic rings. The van der Waals surface area contributed by atoms with E-state index in [4.69, 9.17) is 4.74 Å². The Bertz CT molecular complexity index is 916. The molecule has 4 nitrogen and oxygen atoms in total. The van der Waals surface area contributed by atoms with Crippen LogP contribution in [0.2, 0.25) is 0 Å². The third kappa shape index (κ3) is 3.42. The van der Waals surface area contributed by atoms with Gasteiger partial charge in [-0.25, -0.2) is 4.98 Å². The number of anilines is 1. The molecule has 0 fully saturated rings. The lowest BCUT2D eigenvalue weighted by Crippen LogP contribution is -2.20. The van der Waals surface area contributed by atoms with E-state index in [1.807, 2.05) is 37.3 Å². The van der Waals surface area contributed by atoms with E-state index in [9.17, 15) is 4.79 Å². The van der Waals surface area contributed by atoms with Crippen LogP contribution in [-0.2, 0) is 17.6 Å². The van der Waals surface area contributed by atoms with Crippen LogP contribution in [0, 0.1) is 6.92 Å². The number of nitrogens with zero attached hydrogens (tertiary/aromatic N) is 1. The summed E-state index contributed by atoms with van der Waals surface area (Å²) < 4.78 is 5.52. The first-order valence-electron chi connectivity index (χ1n) is 8.26. The molecule has 25 heavy (non-hydrogen) atoms. The Labute approximate surface area is 150 Å². The van der Waals surface area contributed by atoms with Gasteiger partial charge in [0.2, 0.25) is 0 Å². The minimum atomic E-state index is -0.194. The Morgan fingerprint density at radius 3 is 2.80 bits per heavy atom. The number of fused-ring (bicyclic) bond motifs is 3. The molecule has 1 aromatic heterocycles. The highest BCUT2D eigenvalue weighted by Gasteiger charge is 2.21. The summed E-state index contributed by atoms with van der Waals surface area (Å²) in [6, 6.07) is 16.0. The van der Waals surface area contributed by atoms with Gasteiger partial charge < -0.3 is 4.74 Å². The third-order valence-electron chi connectivity index (χ3n) is 4.23. The maximum Gasteiger partial charge on any atom is 0.264 e. The van der Waals surface area contributed by atoms with Crippen LogP contribution in [-0.4, -0.2) is 17.5 Å². The minimum absolute atomic E-state index is 0.0239. The lowest BCUT2D eigenvalue weighted by atomic mass is 9.94. The maximum absolute atomic E-state index is 12.1. The lowest BCUT2D eigenvalue weighted by Gasteiger charge is -2.13. The molecule has 3 aromatic rings. The Morgan fingerprint density at radius 2 is 1.96 bits per heavy atom. The molecule has 1 N–H and O–H groups in total. The van der Waals surface area contributed by atoms with Gasteiger partial charge in [-0.3, -0.25) is 10.1 Å². The van der Waals surface area contributed by atoms with E-state index in [0.29, 0.717) is 10.9 Å². The molecule has 0 spiro atoms. The average molecular weight is 350 g/mol. The molecule has 1 aliphatic carbocycles. The van der Waals surface area contributed by atoms with Gasteiger partial charge in [0.15, 0.2) is 11.7 Å². The first-order valence-corrected chi connectivity index (χ1v) is 9.08. The number of carbonyl (C=O) groups excluding carboxylic acids is 1. The zero-order valence-corrected chi connectivity index (χ0v) is 14.7. The second-order valence-electron chi connectivity index (χ2n) is 6.10. The predicted molar refractivity (Wildman–Crippen MR) is 100 cm³/mol. The zero-order valence-electron chi connectivity index (χ0n) is 13.9. The van der Waals surface area contributed by atoms with Gasteiger partial charge in [0.25, 0.3) is 5.91 Å². The second kappa shape index (κ2) is 6.69. The molecule has 0 bridgehead atoms. The molecule has 126 valence electrons. The molecule has 0 saturated heterocycles. The molecule has 4 rings (SSSR count). The standard InChI is InChI=1S/C20H18N2O2S/c1-13-6-9-15(10-7-13)24-12-18(23)21-20-22-19-16-5-3-2-4-14(16)8-11-17(19)25-20/h2-7,9-10H,8,11-12H2,1H3,(H,21,22,23). The van der Waals surface area contributed by atoms with Gasteiger partial charge in [-0.2, -0.15) is 0 Å². The van der Waals surface area contributed by atoms with Gasteiger partial charge >= 0.3 is 0 Å². The highest BCUT2D eigenvalue weighted by atomic mass is 32.1. The fourth-order valence-corrected chi connectivity index (χ4v) is 3.93. The van der Waals surface area contributed by atoms with Crippen molar-refractivity contribution in [3.05, 3.63) is 64.5 Å². The summed E-state index contributed by atoms with van der Waals surface area (Å²) >= 11 is 1.55. The molecule has 0 unspecified atom stereocenters. The topological polar surface area (TPSA) is 51.2 Å². The number of thiazole rings is 1. The fraction of sp³-hybridized carbons (Fsp3) is 0.200. The Morgan fingerprint density at radius 1 is 1.16 bits per heavy atom. The summed E-state index contributed by atoms with van der Waals surface area (Å²) in [6.07, 6.45) is 2.00. The van der Waals surface area contributed by atoms with Crippen molar-refractivity contribution < 1.29 is 9.53 Å². The molecular formula is C20H18N2O2S. The summed E-state index contributed by atoms with van der Waals surface area (Å²) in [6.45, 7) is 1.99. The van der Waals surface area contributed by atoms with Gasteiger partial charge in [-0.15, -0.1) is 11.3 Å². The van der Waals surface area contributed by atoms with Crippen molar-refractivity contribution in [2.75, 3.05) is 11.9 Å². The second-order valence-corrected chi connectivity index (χ2v) is 7.18.